The van der Waals surface area contributed by atoms with Crippen molar-refractivity contribution in [3.05, 3.63) is 42.0 Å². The first-order valence-electron chi connectivity index (χ1n) is 5.54. The minimum Gasteiger partial charge on any atom is -0.466 e. The van der Waals surface area contributed by atoms with Crippen molar-refractivity contribution in [1.82, 2.24) is 0 Å². The number of benzene rings is 1. The lowest BCUT2D eigenvalue weighted by Gasteiger charge is -2.01. The third-order valence-electron chi connectivity index (χ3n) is 2.45. The second-order valence-electron chi connectivity index (χ2n) is 3.65. The first kappa shape index (κ1) is 15.1. The molecule has 6 heteroatoms. The fourth-order valence-electron chi connectivity index (χ4n) is 1.30. The van der Waals surface area contributed by atoms with Gasteiger partial charge in [-0.3, -0.25) is 4.79 Å². The summed E-state index contributed by atoms with van der Waals surface area (Å²) in [5.41, 5.74) is 0.301. The van der Waals surface area contributed by atoms with E-state index in [1.165, 1.54) is 31.4 Å². The zero-order valence-corrected chi connectivity index (χ0v) is 11.4. The molecule has 0 unspecified atom stereocenters. The van der Waals surface area contributed by atoms with Crippen LogP contribution in [0.15, 0.2) is 41.3 Å². The molecule has 0 N–H and O–H groups in total. The van der Waals surface area contributed by atoms with Gasteiger partial charge >= 0.3 is 5.97 Å². The molecule has 0 aliphatic rings. The summed E-state index contributed by atoms with van der Waals surface area (Å²) in [4.78, 5) is 22.7. The summed E-state index contributed by atoms with van der Waals surface area (Å²) >= 11 is 0. The van der Waals surface area contributed by atoms with E-state index in [1.54, 1.807) is 6.92 Å². The van der Waals surface area contributed by atoms with E-state index in [4.69, 9.17) is 0 Å². The molecule has 0 amide bonds. The molecule has 0 spiro atoms. The van der Waals surface area contributed by atoms with E-state index in [2.05, 4.69) is 4.74 Å². The van der Waals surface area contributed by atoms with Crippen LogP contribution in [0.2, 0.25) is 0 Å². The average Bonchev–Trinajstić information content (AvgIpc) is 2.44. The van der Waals surface area contributed by atoms with Gasteiger partial charge in [-0.15, -0.1) is 0 Å². The number of carbonyl (C=O) groups is 2. The highest BCUT2D eigenvalue weighted by Crippen LogP contribution is 2.13. The largest absolute Gasteiger partial charge is 0.466 e. The predicted molar refractivity (Wildman–Crippen MR) is 69.7 cm³/mol. The van der Waals surface area contributed by atoms with E-state index < -0.39 is 21.6 Å². The fourth-order valence-corrected chi connectivity index (χ4v) is 2.19. The molecule has 0 bridgehead atoms. The lowest BCUT2D eigenvalue weighted by atomic mass is 10.1. The molecule has 0 radical (unpaired) electrons. The van der Waals surface area contributed by atoms with Crippen LogP contribution in [0.1, 0.15) is 17.3 Å². The standard InChI is InChI=1S/C13H14O5S/c1-3-19(16,17)11-6-4-10(5-7-11)12(14)8-9-13(15)18-2/h4-9H,3H2,1-2H3/b9-8+. The molecule has 0 saturated carbocycles. The summed E-state index contributed by atoms with van der Waals surface area (Å²) in [7, 11) is -2.06. The number of methoxy groups -OCH3 is 1. The monoisotopic (exact) mass is 282 g/mol. The van der Waals surface area contributed by atoms with Crippen molar-refractivity contribution in [1.29, 1.82) is 0 Å². The first-order chi connectivity index (χ1) is 8.90. The zero-order chi connectivity index (χ0) is 14.5. The Labute approximate surface area is 111 Å². The Bertz CT molecular complexity index is 596. The number of carbonyl (C=O) groups excluding carboxylic acids is 2. The van der Waals surface area contributed by atoms with Gasteiger partial charge in [-0.25, -0.2) is 13.2 Å². The van der Waals surface area contributed by atoms with Crippen molar-refractivity contribution in [3.8, 4) is 0 Å². The maximum atomic E-state index is 11.7. The summed E-state index contributed by atoms with van der Waals surface area (Å²) in [6, 6.07) is 5.56. The second kappa shape index (κ2) is 6.29. The number of esters is 1. The van der Waals surface area contributed by atoms with E-state index in [-0.39, 0.29) is 10.6 Å². The maximum Gasteiger partial charge on any atom is 0.330 e. The molecular weight excluding hydrogens is 268 g/mol. The number of allylic oxidation sites excluding steroid dienone is 1. The van der Waals surface area contributed by atoms with Gasteiger partial charge < -0.3 is 4.74 Å². The molecule has 0 saturated heterocycles. The van der Waals surface area contributed by atoms with Crippen LogP contribution in [-0.4, -0.2) is 33.0 Å². The van der Waals surface area contributed by atoms with Gasteiger partial charge in [0.1, 0.15) is 0 Å². The molecule has 0 aliphatic carbocycles. The highest BCUT2D eigenvalue weighted by atomic mass is 32.2. The molecule has 0 atom stereocenters. The Balaban J connectivity index is 2.91. The van der Waals surface area contributed by atoms with Crippen LogP contribution in [-0.2, 0) is 19.4 Å². The van der Waals surface area contributed by atoms with E-state index in [9.17, 15) is 18.0 Å². The summed E-state index contributed by atoms with van der Waals surface area (Å²) in [5, 5.41) is 0. The Kier molecular flexibility index (Phi) is 5.00. The van der Waals surface area contributed by atoms with Crippen LogP contribution in [0.4, 0.5) is 0 Å². The Morgan fingerprint density at radius 2 is 1.74 bits per heavy atom. The molecule has 19 heavy (non-hydrogen) atoms. The molecule has 0 heterocycles. The topological polar surface area (TPSA) is 77.5 Å². The molecule has 1 aromatic carbocycles. The van der Waals surface area contributed by atoms with Crippen LogP contribution in [0, 0.1) is 0 Å². The molecule has 0 aromatic heterocycles. The Hall–Kier alpha value is -1.95. The van der Waals surface area contributed by atoms with Gasteiger partial charge in [0.25, 0.3) is 0 Å². The Morgan fingerprint density at radius 3 is 2.21 bits per heavy atom. The van der Waals surface area contributed by atoms with Gasteiger partial charge in [0, 0.05) is 11.6 Å². The van der Waals surface area contributed by atoms with Crippen LogP contribution >= 0.6 is 0 Å². The number of sulfone groups is 1. The third kappa shape index (κ3) is 4.03. The van der Waals surface area contributed by atoms with Gasteiger partial charge in [-0.05, 0) is 30.3 Å². The summed E-state index contributed by atoms with van der Waals surface area (Å²) < 4.78 is 27.5. The van der Waals surface area contributed by atoms with Gasteiger partial charge in [0.15, 0.2) is 15.6 Å². The lowest BCUT2D eigenvalue weighted by molar-refractivity contribution is -0.134. The highest BCUT2D eigenvalue weighted by molar-refractivity contribution is 7.91. The predicted octanol–water partition coefficient (Wildman–Crippen LogP) is 1.39. The number of hydrogen-bond acceptors (Lipinski definition) is 5. The van der Waals surface area contributed by atoms with Crippen molar-refractivity contribution < 1.29 is 22.7 Å². The smallest absolute Gasteiger partial charge is 0.330 e. The first-order valence-corrected chi connectivity index (χ1v) is 7.19. The number of hydrogen-bond donors (Lipinski definition) is 0. The van der Waals surface area contributed by atoms with E-state index >= 15 is 0 Å². The van der Waals surface area contributed by atoms with Gasteiger partial charge in [0.05, 0.1) is 17.8 Å². The van der Waals surface area contributed by atoms with Crippen molar-refractivity contribution in [2.24, 2.45) is 0 Å². The summed E-state index contributed by atoms with van der Waals surface area (Å²) in [6.45, 7) is 1.55. The SMILES string of the molecule is CCS(=O)(=O)c1ccc(C(=O)/C=C/C(=O)OC)cc1. The molecule has 5 nitrogen and oxygen atoms in total. The zero-order valence-electron chi connectivity index (χ0n) is 10.6. The molecule has 1 rings (SSSR count). The van der Waals surface area contributed by atoms with E-state index in [1.807, 2.05) is 0 Å². The maximum absolute atomic E-state index is 11.7. The van der Waals surface area contributed by atoms with Crippen LogP contribution in [0.25, 0.3) is 0 Å². The number of rotatable bonds is 5. The van der Waals surface area contributed by atoms with Crippen molar-refractivity contribution >= 4 is 21.6 Å². The van der Waals surface area contributed by atoms with Gasteiger partial charge in [-0.2, -0.15) is 0 Å². The highest BCUT2D eigenvalue weighted by Gasteiger charge is 2.12. The number of ether oxygens (including phenoxy) is 1. The van der Waals surface area contributed by atoms with Crippen molar-refractivity contribution in [3.63, 3.8) is 0 Å². The van der Waals surface area contributed by atoms with Gasteiger partial charge in [-0.1, -0.05) is 6.92 Å². The summed E-state index contributed by atoms with van der Waals surface area (Å²) in [6.07, 6.45) is 2.09. The fraction of sp³-hybridized carbons (Fsp3) is 0.231. The third-order valence-corrected chi connectivity index (χ3v) is 4.20. The lowest BCUT2D eigenvalue weighted by Crippen LogP contribution is -2.04. The minimum atomic E-state index is -3.27. The molecule has 102 valence electrons. The molecule has 0 fully saturated rings. The van der Waals surface area contributed by atoms with Crippen molar-refractivity contribution in [2.75, 3.05) is 12.9 Å². The van der Waals surface area contributed by atoms with Crippen LogP contribution < -0.4 is 0 Å². The Morgan fingerprint density at radius 1 is 1.16 bits per heavy atom. The normalized spacial score (nSPS) is 11.5. The van der Waals surface area contributed by atoms with Gasteiger partial charge in [0.2, 0.25) is 0 Å². The van der Waals surface area contributed by atoms with E-state index in [0.717, 1.165) is 12.2 Å². The molecular formula is C13H14O5S. The minimum absolute atomic E-state index is 0.00252. The van der Waals surface area contributed by atoms with Crippen LogP contribution in [0.3, 0.4) is 0 Å². The second-order valence-corrected chi connectivity index (χ2v) is 5.93. The van der Waals surface area contributed by atoms with Crippen molar-refractivity contribution in [2.45, 2.75) is 11.8 Å². The average molecular weight is 282 g/mol. The molecule has 0 aliphatic heterocycles. The quantitative estimate of drug-likeness (QED) is 0.463. The molecule has 1 aromatic rings. The summed E-state index contributed by atoms with van der Waals surface area (Å²) in [5.74, 6) is -1.02. The number of ketones is 1. The van der Waals surface area contributed by atoms with E-state index in [0.29, 0.717) is 5.56 Å². The van der Waals surface area contributed by atoms with Crippen LogP contribution in [0.5, 0.6) is 0 Å².